The van der Waals surface area contributed by atoms with Gasteiger partial charge in [0.15, 0.2) is 13.2 Å². The summed E-state index contributed by atoms with van der Waals surface area (Å²) in [5.41, 5.74) is 5.41. The molecule has 7 nitrogen and oxygen atoms in total. The summed E-state index contributed by atoms with van der Waals surface area (Å²) >= 11 is 0. The SMILES string of the molecule is CC1CCN(C(=O)COC(=O)COc2ccccc2C(N)=O)CC1. The van der Waals surface area contributed by atoms with E-state index < -0.39 is 18.5 Å². The molecular formula is C17H22N2O5. The number of carbonyl (C=O) groups is 3. The number of piperidine rings is 1. The van der Waals surface area contributed by atoms with Crippen LogP contribution in [0.2, 0.25) is 0 Å². The number of benzene rings is 1. The normalized spacial score (nSPS) is 15.0. The number of hydrogen-bond acceptors (Lipinski definition) is 5. The van der Waals surface area contributed by atoms with Crippen molar-refractivity contribution in [3.05, 3.63) is 29.8 Å². The Balaban J connectivity index is 1.76. The van der Waals surface area contributed by atoms with Crippen LogP contribution >= 0.6 is 0 Å². The van der Waals surface area contributed by atoms with Gasteiger partial charge in [-0.05, 0) is 30.9 Å². The van der Waals surface area contributed by atoms with Crippen LogP contribution < -0.4 is 10.5 Å². The van der Waals surface area contributed by atoms with E-state index in [1.165, 1.54) is 12.1 Å². The molecule has 0 unspecified atom stereocenters. The van der Waals surface area contributed by atoms with Crippen LogP contribution in [0.15, 0.2) is 24.3 Å². The van der Waals surface area contributed by atoms with Crippen molar-refractivity contribution in [1.82, 2.24) is 4.90 Å². The van der Waals surface area contributed by atoms with Gasteiger partial charge in [0, 0.05) is 13.1 Å². The number of para-hydroxylation sites is 1. The van der Waals surface area contributed by atoms with Gasteiger partial charge in [0.1, 0.15) is 5.75 Å². The number of carbonyl (C=O) groups excluding carboxylic acids is 3. The lowest BCUT2D eigenvalue weighted by Gasteiger charge is -2.30. The fourth-order valence-corrected chi connectivity index (χ4v) is 2.47. The Labute approximate surface area is 140 Å². The van der Waals surface area contributed by atoms with E-state index in [2.05, 4.69) is 6.92 Å². The molecule has 1 aliphatic rings. The van der Waals surface area contributed by atoms with Crippen LogP contribution in [0.5, 0.6) is 5.75 Å². The largest absolute Gasteiger partial charge is 0.481 e. The molecule has 0 aromatic heterocycles. The first kappa shape index (κ1) is 17.8. The fourth-order valence-electron chi connectivity index (χ4n) is 2.47. The Kier molecular flexibility index (Phi) is 6.17. The summed E-state index contributed by atoms with van der Waals surface area (Å²) in [6.07, 6.45) is 1.93. The van der Waals surface area contributed by atoms with Crippen LogP contribution in [-0.2, 0) is 14.3 Å². The molecular weight excluding hydrogens is 312 g/mol. The van der Waals surface area contributed by atoms with Crippen molar-refractivity contribution >= 4 is 17.8 Å². The van der Waals surface area contributed by atoms with Crippen molar-refractivity contribution in [2.24, 2.45) is 11.7 Å². The maximum absolute atomic E-state index is 12.0. The van der Waals surface area contributed by atoms with E-state index in [4.69, 9.17) is 15.2 Å². The predicted molar refractivity (Wildman–Crippen MR) is 86.4 cm³/mol. The van der Waals surface area contributed by atoms with Gasteiger partial charge >= 0.3 is 5.97 Å². The molecule has 1 aromatic rings. The summed E-state index contributed by atoms with van der Waals surface area (Å²) < 4.78 is 10.2. The number of nitrogens with two attached hydrogens (primary N) is 1. The van der Waals surface area contributed by atoms with Crippen molar-refractivity contribution in [2.45, 2.75) is 19.8 Å². The van der Waals surface area contributed by atoms with Crippen LogP contribution in [0.25, 0.3) is 0 Å². The second-order valence-corrected chi connectivity index (χ2v) is 5.87. The number of amides is 2. The zero-order valence-electron chi connectivity index (χ0n) is 13.7. The summed E-state index contributed by atoms with van der Waals surface area (Å²) in [6.45, 7) is 2.85. The highest BCUT2D eigenvalue weighted by molar-refractivity contribution is 5.95. The monoisotopic (exact) mass is 334 g/mol. The first-order valence-corrected chi connectivity index (χ1v) is 7.92. The first-order chi connectivity index (χ1) is 11.5. The molecule has 2 amide bonds. The van der Waals surface area contributed by atoms with Crippen LogP contribution in [0.4, 0.5) is 0 Å². The summed E-state index contributed by atoms with van der Waals surface area (Å²) in [7, 11) is 0. The van der Waals surface area contributed by atoms with E-state index in [1.54, 1.807) is 17.0 Å². The van der Waals surface area contributed by atoms with Crippen molar-refractivity contribution in [3.63, 3.8) is 0 Å². The number of likely N-dealkylation sites (tertiary alicyclic amines) is 1. The van der Waals surface area contributed by atoms with E-state index in [0.717, 1.165) is 12.8 Å². The minimum Gasteiger partial charge on any atom is -0.481 e. The van der Waals surface area contributed by atoms with Gasteiger partial charge in [0.25, 0.3) is 11.8 Å². The number of hydrogen-bond donors (Lipinski definition) is 1. The van der Waals surface area contributed by atoms with Gasteiger partial charge in [-0.15, -0.1) is 0 Å². The number of primary amides is 1. The molecule has 24 heavy (non-hydrogen) atoms. The average Bonchev–Trinajstić information content (AvgIpc) is 2.58. The summed E-state index contributed by atoms with van der Waals surface area (Å²) in [4.78, 5) is 36.6. The standard InChI is InChI=1S/C17H22N2O5/c1-12-6-8-19(9-7-12)15(20)10-24-16(21)11-23-14-5-3-2-4-13(14)17(18)22/h2-5,12H,6-11H2,1H3,(H2,18,22). The van der Waals surface area contributed by atoms with Gasteiger partial charge < -0.3 is 20.1 Å². The fraction of sp³-hybridized carbons (Fsp3) is 0.471. The van der Waals surface area contributed by atoms with Crippen molar-refractivity contribution in [3.8, 4) is 5.75 Å². The molecule has 1 heterocycles. The van der Waals surface area contributed by atoms with Gasteiger partial charge in [0.05, 0.1) is 5.56 Å². The molecule has 0 saturated carbocycles. The Morgan fingerprint density at radius 3 is 2.50 bits per heavy atom. The molecule has 1 saturated heterocycles. The van der Waals surface area contributed by atoms with Gasteiger partial charge in [-0.25, -0.2) is 4.79 Å². The molecule has 2 rings (SSSR count). The summed E-state index contributed by atoms with van der Waals surface area (Å²) in [5.74, 6) is -0.692. The van der Waals surface area contributed by atoms with E-state index in [1.807, 2.05) is 0 Å². The highest BCUT2D eigenvalue weighted by Gasteiger charge is 2.21. The molecule has 1 fully saturated rings. The molecule has 0 atom stereocenters. The Morgan fingerprint density at radius 1 is 1.17 bits per heavy atom. The van der Waals surface area contributed by atoms with Gasteiger partial charge in [0.2, 0.25) is 0 Å². The molecule has 0 aliphatic carbocycles. The van der Waals surface area contributed by atoms with E-state index in [9.17, 15) is 14.4 Å². The second-order valence-electron chi connectivity index (χ2n) is 5.87. The molecule has 1 aromatic carbocycles. The first-order valence-electron chi connectivity index (χ1n) is 7.92. The van der Waals surface area contributed by atoms with Crippen LogP contribution in [0.1, 0.15) is 30.1 Å². The quantitative estimate of drug-likeness (QED) is 0.782. The minimum atomic E-state index is -0.673. The van der Waals surface area contributed by atoms with Crippen LogP contribution in [0.3, 0.4) is 0 Å². The lowest BCUT2D eigenvalue weighted by molar-refractivity contribution is -0.154. The number of nitrogens with zero attached hydrogens (tertiary/aromatic N) is 1. The maximum atomic E-state index is 12.0. The van der Waals surface area contributed by atoms with E-state index in [-0.39, 0.29) is 23.8 Å². The maximum Gasteiger partial charge on any atom is 0.344 e. The third-order valence-corrected chi connectivity index (χ3v) is 3.99. The molecule has 1 aliphatic heterocycles. The molecule has 0 bridgehead atoms. The van der Waals surface area contributed by atoms with Crippen LogP contribution in [0, 0.1) is 5.92 Å². The molecule has 0 spiro atoms. The second kappa shape index (κ2) is 8.33. The Hall–Kier alpha value is -2.57. The summed E-state index contributed by atoms with van der Waals surface area (Å²) in [6, 6.07) is 6.34. The predicted octanol–water partition coefficient (Wildman–Crippen LogP) is 0.966. The zero-order valence-corrected chi connectivity index (χ0v) is 13.7. The van der Waals surface area contributed by atoms with Crippen molar-refractivity contribution in [1.29, 1.82) is 0 Å². The highest BCUT2D eigenvalue weighted by Crippen LogP contribution is 2.17. The van der Waals surface area contributed by atoms with E-state index >= 15 is 0 Å². The van der Waals surface area contributed by atoms with Gasteiger partial charge in [-0.3, -0.25) is 9.59 Å². The lowest BCUT2D eigenvalue weighted by Crippen LogP contribution is -2.40. The topological polar surface area (TPSA) is 98.9 Å². The molecule has 130 valence electrons. The highest BCUT2D eigenvalue weighted by atomic mass is 16.6. The van der Waals surface area contributed by atoms with Crippen molar-refractivity contribution in [2.75, 3.05) is 26.3 Å². The lowest BCUT2D eigenvalue weighted by atomic mass is 9.99. The Bertz CT molecular complexity index is 609. The van der Waals surface area contributed by atoms with E-state index in [0.29, 0.717) is 19.0 Å². The number of rotatable bonds is 6. The third-order valence-electron chi connectivity index (χ3n) is 3.99. The zero-order chi connectivity index (χ0) is 17.5. The van der Waals surface area contributed by atoms with Crippen LogP contribution in [-0.4, -0.2) is 49.0 Å². The molecule has 7 heteroatoms. The number of esters is 1. The molecule has 0 radical (unpaired) electrons. The third kappa shape index (κ3) is 4.97. The van der Waals surface area contributed by atoms with Gasteiger partial charge in [-0.1, -0.05) is 19.1 Å². The molecule has 2 N–H and O–H groups in total. The minimum absolute atomic E-state index is 0.184. The average molecular weight is 334 g/mol. The number of ether oxygens (including phenoxy) is 2. The Morgan fingerprint density at radius 2 is 1.83 bits per heavy atom. The summed E-state index contributed by atoms with van der Waals surface area (Å²) in [5, 5.41) is 0. The van der Waals surface area contributed by atoms with Gasteiger partial charge in [-0.2, -0.15) is 0 Å². The smallest absolute Gasteiger partial charge is 0.344 e. The van der Waals surface area contributed by atoms with Crippen molar-refractivity contribution < 1.29 is 23.9 Å².